The minimum Gasteiger partial charge on any atom is -0.462 e. The molecule has 14 heteroatoms. The first kappa shape index (κ1) is 27.9. The number of sulfonamides is 1. The quantitative estimate of drug-likeness (QED) is 0.398. The third-order valence-corrected chi connectivity index (χ3v) is 6.84. The summed E-state index contributed by atoms with van der Waals surface area (Å²) in [5.41, 5.74) is -1.81. The number of pyridine rings is 1. The van der Waals surface area contributed by atoms with Crippen LogP contribution in [0.1, 0.15) is 53.4 Å². The molecular weight excluding hydrogens is 520 g/mol. The molecule has 0 bridgehead atoms. The van der Waals surface area contributed by atoms with Gasteiger partial charge in [0.2, 0.25) is 15.9 Å². The van der Waals surface area contributed by atoms with E-state index in [0.29, 0.717) is 6.07 Å². The Hall–Kier alpha value is -3.73. The van der Waals surface area contributed by atoms with Crippen molar-refractivity contribution in [3.8, 4) is 6.07 Å². The van der Waals surface area contributed by atoms with E-state index in [9.17, 15) is 40.8 Å². The third-order valence-electron chi connectivity index (χ3n) is 5.64. The highest BCUT2D eigenvalue weighted by Crippen LogP contribution is 2.30. The van der Waals surface area contributed by atoms with Gasteiger partial charge in [0.15, 0.2) is 0 Å². The van der Waals surface area contributed by atoms with Gasteiger partial charge in [0.25, 0.3) is 6.43 Å². The lowest BCUT2D eigenvalue weighted by atomic mass is 9.96. The summed E-state index contributed by atoms with van der Waals surface area (Å²) in [7, 11) is -4.29. The molecule has 1 N–H and O–H groups in total. The minimum absolute atomic E-state index is 0.0602. The second-order valence-electron chi connectivity index (χ2n) is 8.15. The van der Waals surface area contributed by atoms with Crippen molar-refractivity contribution in [2.75, 3.05) is 24.6 Å². The molecule has 1 aliphatic rings. The van der Waals surface area contributed by atoms with Gasteiger partial charge in [-0.1, -0.05) is 6.07 Å². The van der Waals surface area contributed by atoms with Crippen LogP contribution in [0.25, 0.3) is 0 Å². The Kier molecular flexibility index (Phi) is 8.69. The maximum atomic E-state index is 13.8. The van der Waals surface area contributed by atoms with Crippen LogP contribution in [-0.2, 0) is 25.3 Å². The van der Waals surface area contributed by atoms with Crippen LogP contribution in [0, 0.1) is 28.9 Å². The number of carbonyl (C=O) groups is 2. The maximum Gasteiger partial charge on any atom is 0.340 e. The minimum atomic E-state index is -4.29. The van der Waals surface area contributed by atoms with Crippen molar-refractivity contribution in [3.05, 3.63) is 58.3 Å². The molecule has 1 saturated heterocycles. The molecule has 0 spiro atoms. The molecule has 2 aromatic rings. The number of aromatic nitrogens is 1. The molecule has 0 unspecified atom stereocenters. The predicted molar refractivity (Wildman–Crippen MR) is 122 cm³/mol. The molecule has 0 saturated carbocycles. The lowest BCUT2D eigenvalue weighted by Gasteiger charge is -2.33. The highest BCUT2D eigenvalue weighted by atomic mass is 32.2. The summed E-state index contributed by atoms with van der Waals surface area (Å²) in [6.45, 7) is 1.59. The van der Waals surface area contributed by atoms with Gasteiger partial charge in [0.05, 0.1) is 23.5 Å². The Morgan fingerprint density at radius 2 is 1.92 bits per heavy atom. The number of ether oxygens (including phenoxy) is 1. The topological polar surface area (TPSA) is 129 Å². The number of halogens is 4. The van der Waals surface area contributed by atoms with E-state index in [2.05, 4.69) is 4.98 Å². The first-order valence-electron chi connectivity index (χ1n) is 11.1. The monoisotopic (exact) mass is 542 g/mol. The molecule has 0 aliphatic carbocycles. The number of amides is 1. The van der Waals surface area contributed by atoms with Gasteiger partial charge in [-0.3, -0.25) is 9.52 Å². The van der Waals surface area contributed by atoms with Crippen molar-refractivity contribution in [2.45, 2.75) is 31.9 Å². The normalized spacial score (nSPS) is 14.4. The van der Waals surface area contributed by atoms with E-state index in [1.54, 1.807) is 0 Å². The summed E-state index contributed by atoms with van der Waals surface area (Å²) < 4.78 is 85.4. The lowest BCUT2D eigenvalue weighted by Crippen LogP contribution is -2.43. The fourth-order valence-corrected chi connectivity index (χ4v) is 5.04. The first-order chi connectivity index (χ1) is 17.5. The highest BCUT2D eigenvalue weighted by molar-refractivity contribution is 7.89. The molecule has 0 atom stereocenters. The van der Waals surface area contributed by atoms with Crippen LogP contribution in [0.3, 0.4) is 0 Å². The summed E-state index contributed by atoms with van der Waals surface area (Å²) in [6.07, 6.45) is -2.92. The molecule has 1 aromatic carbocycles. The third kappa shape index (κ3) is 6.73. The second kappa shape index (κ2) is 11.5. The Morgan fingerprint density at radius 3 is 2.49 bits per heavy atom. The number of hydrogen-bond donors (Lipinski definition) is 1. The van der Waals surface area contributed by atoms with Crippen molar-refractivity contribution in [1.82, 2.24) is 9.71 Å². The largest absolute Gasteiger partial charge is 0.462 e. The van der Waals surface area contributed by atoms with Gasteiger partial charge in [0.1, 0.15) is 29.2 Å². The van der Waals surface area contributed by atoms with Crippen LogP contribution in [0.5, 0.6) is 0 Å². The average Bonchev–Trinajstić information content (AvgIpc) is 2.84. The van der Waals surface area contributed by atoms with E-state index in [1.165, 1.54) is 11.8 Å². The fraction of sp³-hybridized carbons (Fsp3) is 0.391. The molecule has 1 fully saturated rings. The molecular formula is C23H22F4N4O5S. The second-order valence-corrected chi connectivity index (χ2v) is 9.87. The van der Waals surface area contributed by atoms with Crippen LogP contribution >= 0.6 is 0 Å². The number of carbonyl (C=O) groups excluding carboxylic acids is 2. The Labute approximate surface area is 210 Å². The van der Waals surface area contributed by atoms with Crippen molar-refractivity contribution in [1.29, 1.82) is 5.26 Å². The van der Waals surface area contributed by atoms with Gasteiger partial charge < -0.3 is 9.64 Å². The number of nitriles is 1. The number of nitrogens with one attached hydrogen (secondary N) is 1. The van der Waals surface area contributed by atoms with Gasteiger partial charge in [-0.05, 0) is 31.9 Å². The van der Waals surface area contributed by atoms with Crippen LogP contribution in [0.15, 0.2) is 24.3 Å². The Morgan fingerprint density at radius 1 is 1.24 bits per heavy atom. The summed E-state index contributed by atoms with van der Waals surface area (Å²) in [6, 6.07) is 5.21. The summed E-state index contributed by atoms with van der Waals surface area (Å²) in [4.78, 5) is 30.0. The predicted octanol–water partition coefficient (Wildman–Crippen LogP) is 3.21. The van der Waals surface area contributed by atoms with Crippen LogP contribution in [0.4, 0.5) is 23.4 Å². The van der Waals surface area contributed by atoms with Crippen LogP contribution < -0.4 is 9.62 Å². The average molecular weight is 543 g/mol. The number of alkyl halides is 2. The van der Waals surface area contributed by atoms with E-state index in [-0.39, 0.29) is 49.5 Å². The van der Waals surface area contributed by atoms with E-state index < -0.39 is 62.9 Å². The van der Waals surface area contributed by atoms with E-state index >= 15 is 0 Å². The summed E-state index contributed by atoms with van der Waals surface area (Å²) >= 11 is 0. The molecule has 0 radical (unpaired) electrons. The summed E-state index contributed by atoms with van der Waals surface area (Å²) in [5.74, 6) is -5.55. The van der Waals surface area contributed by atoms with Crippen molar-refractivity contribution in [2.24, 2.45) is 5.92 Å². The van der Waals surface area contributed by atoms with Crippen molar-refractivity contribution >= 4 is 27.7 Å². The van der Waals surface area contributed by atoms with E-state index in [4.69, 9.17) is 4.74 Å². The molecule has 198 valence electrons. The maximum absolute atomic E-state index is 13.8. The number of anilines is 1. The van der Waals surface area contributed by atoms with Gasteiger partial charge in [-0.25, -0.2) is 35.8 Å². The molecule has 1 aromatic heterocycles. The van der Waals surface area contributed by atoms with Gasteiger partial charge in [-0.15, -0.1) is 0 Å². The molecule has 37 heavy (non-hydrogen) atoms. The Balaban J connectivity index is 1.71. The standard InChI is InChI=1S/C23H22F4N4O5S/c1-2-36-23(33)17-9-15(11-28)21(29-19(17)20(26)27)31-7-5-13(6-8-31)22(32)30-37(34,35)12-14-3-4-16(24)10-18(14)25/h3-4,9-10,13,20H,2,5-8,12H2,1H3,(H,30,32). The van der Waals surface area contributed by atoms with Gasteiger partial charge in [-0.2, -0.15) is 5.26 Å². The van der Waals surface area contributed by atoms with Gasteiger partial charge >= 0.3 is 5.97 Å². The van der Waals surface area contributed by atoms with E-state index in [1.807, 2.05) is 10.8 Å². The highest BCUT2D eigenvalue weighted by Gasteiger charge is 2.31. The van der Waals surface area contributed by atoms with E-state index in [0.717, 1.165) is 18.2 Å². The molecule has 1 aliphatic heterocycles. The zero-order valence-electron chi connectivity index (χ0n) is 19.5. The molecule has 3 rings (SSSR count). The Bertz CT molecular complexity index is 1340. The number of hydrogen-bond acceptors (Lipinski definition) is 8. The number of piperidine rings is 1. The van der Waals surface area contributed by atoms with Gasteiger partial charge in [0, 0.05) is 30.6 Å². The first-order valence-corrected chi connectivity index (χ1v) is 12.7. The fourth-order valence-electron chi connectivity index (χ4n) is 3.85. The zero-order chi connectivity index (χ0) is 27.3. The summed E-state index contributed by atoms with van der Waals surface area (Å²) in [5, 5.41) is 9.50. The number of nitrogens with zero attached hydrogens (tertiary/aromatic N) is 3. The number of benzene rings is 1. The molecule has 9 nitrogen and oxygen atoms in total. The molecule has 1 amide bonds. The van der Waals surface area contributed by atoms with Crippen molar-refractivity contribution in [3.63, 3.8) is 0 Å². The van der Waals surface area contributed by atoms with Crippen LogP contribution in [-0.4, -0.2) is 45.0 Å². The van der Waals surface area contributed by atoms with Crippen molar-refractivity contribution < 1.29 is 40.3 Å². The van der Waals surface area contributed by atoms with Crippen LogP contribution in [0.2, 0.25) is 0 Å². The zero-order valence-corrected chi connectivity index (χ0v) is 20.3. The molecule has 2 heterocycles. The smallest absolute Gasteiger partial charge is 0.340 e. The SMILES string of the molecule is CCOC(=O)c1cc(C#N)c(N2CCC(C(=O)NS(=O)(=O)Cc3ccc(F)cc3F)CC2)nc1C(F)F. The number of rotatable bonds is 8. The number of esters is 1. The lowest BCUT2D eigenvalue weighted by molar-refractivity contribution is -0.123.